The predicted molar refractivity (Wildman–Crippen MR) is 41.7 cm³/mol. The molecule has 0 heterocycles. The molecule has 0 aromatic carbocycles. The zero-order valence-corrected chi connectivity index (χ0v) is 10.6. The summed E-state index contributed by atoms with van der Waals surface area (Å²) in [6, 6.07) is 0. The van der Waals surface area contributed by atoms with Crippen molar-refractivity contribution in [3.05, 3.63) is 0 Å². The summed E-state index contributed by atoms with van der Waals surface area (Å²) in [6.45, 7) is 3.38. The van der Waals surface area contributed by atoms with Crippen LogP contribution in [0.1, 0.15) is 26.7 Å². The second-order valence-electron chi connectivity index (χ2n) is 2.11. The molecular formula is C5H12KO3S. The Bertz CT molecular complexity index is 164. The average Bonchev–Trinajstić information content (AvgIpc) is 1.64. The van der Waals surface area contributed by atoms with E-state index >= 15 is 0 Å². The van der Waals surface area contributed by atoms with Gasteiger partial charge in [0, 0.05) is 51.4 Å². The maximum Gasteiger partial charge on any atom is 0.267 e. The van der Waals surface area contributed by atoms with Crippen LogP contribution in [0.4, 0.5) is 0 Å². The minimum absolute atomic E-state index is 0. The summed E-state index contributed by atoms with van der Waals surface area (Å²) in [5.41, 5.74) is 0. The molecule has 1 unspecified atom stereocenters. The summed E-state index contributed by atoms with van der Waals surface area (Å²) in [5.74, 6) is 0. The van der Waals surface area contributed by atoms with Crippen LogP contribution in [-0.4, -0.2) is 69.6 Å². The summed E-state index contributed by atoms with van der Waals surface area (Å²) < 4.78 is 28.9. The van der Waals surface area contributed by atoms with E-state index in [4.69, 9.17) is 4.55 Å². The molecule has 0 aliphatic heterocycles. The first-order chi connectivity index (χ1) is 3.98. The molecule has 3 nitrogen and oxygen atoms in total. The van der Waals surface area contributed by atoms with E-state index in [9.17, 15) is 8.42 Å². The molecule has 57 valence electrons. The smallest absolute Gasteiger partial charge is 0.267 e. The summed E-state index contributed by atoms with van der Waals surface area (Å²) in [4.78, 5) is 0. The molecule has 5 heteroatoms. The van der Waals surface area contributed by atoms with Crippen molar-refractivity contribution < 1.29 is 13.0 Å². The molecule has 1 radical (unpaired) electrons. The summed E-state index contributed by atoms with van der Waals surface area (Å²) in [7, 11) is -3.76. The number of hydrogen-bond acceptors (Lipinski definition) is 2. The fourth-order valence-corrected chi connectivity index (χ4v) is 1.09. The maximum atomic E-state index is 10.3. The van der Waals surface area contributed by atoms with E-state index < -0.39 is 15.4 Å². The second kappa shape index (κ2) is 6.11. The fourth-order valence-electron chi connectivity index (χ4n) is 0.555. The zero-order valence-electron chi connectivity index (χ0n) is 6.66. The standard InChI is InChI=1S/C5H12O3S.K/c1-3-4-5(2)9(6,7)8;/h5H,3-4H2,1-2H3,(H,6,7,8);. The van der Waals surface area contributed by atoms with Gasteiger partial charge in [-0.1, -0.05) is 13.3 Å². The van der Waals surface area contributed by atoms with Crippen molar-refractivity contribution in [1.82, 2.24) is 0 Å². The van der Waals surface area contributed by atoms with Crippen LogP contribution in [0.25, 0.3) is 0 Å². The molecular weight excluding hydrogens is 179 g/mol. The Morgan fingerprint density at radius 1 is 1.50 bits per heavy atom. The van der Waals surface area contributed by atoms with Gasteiger partial charge in [0.1, 0.15) is 0 Å². The van der Waals surface area contributed by atoms with Crippen LogP contribution in [-0.2, 0) is 10.1 Å². The number of rotatable bonds is 3. The Kier molecular flexibility index (Phi) is 8.60. The van der Waals surface area contributed by atoms with E-state index in [1.165, 1.54) is 6.92 Å². The first-order valence-corrected chi connectivity index (χ1v) is 4.45. The van der Waals surface area contributed by atoms with E-state index in [-0.39, 0.29) is 51.4 Å². The van der Waals surface area contributed by atoms with Gasteiger partial charge in [-0.15, -0.1) is 0 Å². The topological polar surface area (TPSA) is 54.4 Å². The Labute approximate surface area is 105 Å². The van der Waals surface area contributed by atoms with Crippen LogP contribution in [0, 0.1) is 0 Å². The van der Waals surface area contributed by atoms with Crippen LogP contribution in [0.2, 0.25) is 0 Å². The summed E-state index contributed by atoms with van der Waals surface area (Å²) in [6.07, 6.45) is 1.31. The van der Waals surface area contributed by atoms with Gasteiger partial charge in [0.2, 0.25) is 0 Å². The molecule has 0 spiro atoms. The molecule has 0 aromatic heterocycles. The molecule has 1 atom stereocenters. The second-order valence-corrected chi connectivity index (χ2v) is 3.95. The van der Waals surface area contributed by atoms with Crippen molar-refractivity contribution in [2.75, 3.05) is 0 Å². The molecule has 0 bridgehead atoms. The first-order valence-electron chi connectivity index (χ1n) is 2.94. The van der Waals surface area contributed by atoms with E-state index in [0.717, 1.165) is 6.42 Å². The molecule has 1 N–H and O–H groups in total. The Hall–Kier alpha value is 1.55. The van der Waals surface area contributed by atoms with Crippen molar-refractivity contribution >= 4 is 61.5 Å². The van der Waals surface area contributed by atoms with Crippen molar-refractivity contribution in [2.24, 2.45) is 0 Å². The predicted octanol–water partition coefficient (Wildman–Crippen LogP) is 0.682. The molecule has 0 fully saturated rings. The van der Waals surface area contributed by atoms with Crippen LogP contribution < -0.4 is 0 Å². The van der Waals surface area contributed by atoms with Gasteiger partial charge in [0.05, 0.1) is 5.25 Å². The van der Waals surface area contributed by atoms with Gasteiger partial charge in [-0.25, -0.2) is 0 Å². The van der Waals surface area contributed by atoms with Gasteiger partial charge in [-0.2, -0.15) is 8.42 Å². The van der Waals surface area contributed by atoms with E-state index in [1.54, 1.807) is 0 Å². The van der Waals surface area contributed by atoms with Crippen molar-refractivity contribution in [3.8, 4) is 0 Å². The van der Waals surface area contributed by atoms with E-state index in [0.29, 0.717) is 6.42 Å². The van der Waals surface area contributed by atoms with Crippen LogP contribution in [0.15, 0.2) is 0 Å². The third-order valence-corrected chi connectivity index (χ3v) is 2.46. The van der Waals surface area contributed by atoms with Gasteiger partial charge in [0.15, 0.2) is 0 Å². The normalized spacial score (nSPS) is 13.9. The first kappa shape index (κ1) is 14.1. The Morgan fingerprint density at radius 2 is 1.90 bits per heavy atom. The monoisotopic (exact) mass is 191 g/mol. The minimum Gasteiger partial charge on any atom is -0.285 e. The van der Waals surface area contributed by atoms with E-state index in [1.807, 2.05) is 6.92 Å². The molecule has 10 heavy (non-hydrogen) atoms. The molecule has 0 saturated carbocycles. The van der Waals surface area contributed by atoms with Gasteiger partial charge < -0.3 is 0 Å². The molecule has 0 aliphatic carbocycles. The van der Waals surface area contributed by atoms with Crippen LogP contribution in [0.3, 0.4) is 0 Å². The van der Waals surface area contributed by atoms with Crippen molar-refractivity contribution in [2.45, 2.75) is 31.9 Å². The molecule has 0 rings (SSSR count). The largest absolute Gasteiger partial charge is 0.285 e. The molecule has 0 aliphatic rings. The third kappa shape index (κ3) is 6.27. The van der Waals surface area contributed by atoms with Gasteiger partial charge in [-0.3, -0.25) is 4.55 Å². The molecule has 0 aromatic rings. The Balaban J connectivity index is 0. The SMILES string of the molecule is CCCC(C)S(=O)(=O)O.[K]. The third-order valence-electron chi connectivity index (χ3n) is 1.20. The summed E-state index contributed by atoms with van der Waals surface area (Å²) in [5, 5.41) is -0.609. The van der Waals surface area contributed by atoms with Gasteiger partial charge in [0.25, 0.3) is 10.1 Å². The van der Waals surface area contributed by atoms with Crippen molar-refractivity contribution in [3.63, 3.8) is 0 Å². The van der Waals surface area contributed by atoms with Crippen LogP contribution in [0.5, 0.6) is 0 Å². The average molecular weight is 191 g/mol. The van der Waals surface area contributed by atoms with Crippen LogP contribution >= 0.6 is 0 Å². The Morgan fingerprint density at radius 3 is 2.00 bits per heavy atom. The van der Waals surface area contributed by atoms with Gasteiger partial charge >= 0.3 is 0 Å². The maximum absolute atomic E-state index is 10.3. The quantitative estimate of drug-likeness (QED) is 0.527. The van der Waals surface area contributed by atoms with Gasteiger partial charge in [-0.05, 0) is 13.3 Å². The van der Waals surface area contributed by atoms with E-state index in [2.05, 4.69) is 0 Å². The minimum atomic E-state index is -3.76. The summed E-state index contributed by atoms with van der Waals surface area (Å²) >= 11 is 0. The zero-order chi connectivity index (χ0) is 7.49. The number of hydrogen-bond donors (Lipinski definition) is 1. The molecule has 0 amide bonds. The van der Waals surface area contributed by atoms with Crippen molar-refractivity contribution in [1.29, 1.82) is 0 Å². The molecule has 0 saturated heterocycles. The fraction of sp³-hybridized carbons (Fsp3) is 1.00.